The highest BCUT2D eigenvalue weighted by molar-refractivity contribution is 5.79. The first-order valence-electron chi connectivity index (χ1n) is 8.62. The zero-order valence-corrected chi connectivity index (χ0v) is 14.3. The van der Waals surface area contributed by atoms with Crippen LogP contribution in [0.2, 0.25) is 0 Å². The van der Waals surface area contributed by atoms with Crippen molar-refractivity contribution < 1.29 is 9.47 Å². The van der Waals surface area contributed by atoms with E-state index in [-0.39, 0.29) is 6.10 Å². The van der Waals surface area contributed by atoms with Crippen molar-refractivity contribution in [3.63, 3.8) is 0 Å². The van der Waals surface area contributed by atoms with Crippen molar-refractivity contribution in [3.8, 4) is 5.75 Å². The van der Waals surface area contributed by atoms with Gasteiger partial charge in [0.05, 0.1) is 19.3 Å². The predicted octanol–water partition coefficient (Wildman–Crippen LogP) is 2.50. The van der Waals surface area contributed by atoms with Crippen LogP contribution in [-0.2, 0) is 4.74 Å². The molecule has 2 rings (SSSR count). The van der Waals surface area contributed by atoms with Gasteiger partial charge < -0.3 is 20.1 Å². The number of guanidine groups is 1. The summed E-state index contributed by atoms with van der Waals surface area (Å²) in [5, 5.41) is 6.62. The maximum absolute atomic E-state index is 5.80. The molecule has 0 aliphatic carbocycles. The van der Waals surface area contributed by atoms with Crippen molar-refractivity contribution in [3.05, 3.63) is 29.8 Å². The number of hydrogen-bond acceptors (Lipinski definition) is 3. The van der Waals surface area contributed by atoms with Gasteiger partial charge in [0.1, 0.15) is 5.75 Å². The topological polar surface area (TPSA) is 54.9 Å². The molecule has 1 aromatic carbocycles. The molecule has 1 unspecified atom stereocenters. The zero-order chi connectivity index (χ0) is 16.3. The first kappa shape index (κ1) is 17.6. The van der Waals surface area contributed by atoms with Crippen molar-refractivity contribution >= 4 is 5.96 Å². The number of ether oxygens (including phenoxy) is 2. The highest BCUT2D eigenvalue weighted by Gasteiger charge is 2.14. The second-order valence-corrected chi connectivity index (χ2v) is 5.75. The molecule has 5 heteroatoms. The van der Waals surface area contributed by atoms with Crippen LogP contribution < -0.4 is 15.4 Å². The monoisotopic (exact) mass is 319 g/mol. The van der Waals surface area contributed by atoms with Crippen molar-refractivity contribution in [2.75, 3.05) is 32.8 Å². The van der Waals surface area contributed by atoms with Crippen molar-refractivity contribution in [2.45, 2.75) is 39.2 Å². The van der Waals surface area contributed by atoms with E-state index >= 15 is 0 Å². The third-order valence-corrected chi connectivity index (χ3v) is 3.79. The Hall–Kier alpha value is -1.75. The summed E-state index contributed by atoms with van der Waals surface area (Å²) in [5.74, 6) is 1.82. The zero-order valence-electron chi connectivity index (χ0n) is 14.3. The van der Waals surface area contributed by atoms with Crippen LogP contribution in [0.3, 0.4) is 0 Å². The molecule has 5 nitrogen and oxygen atoms in total. The minimum absolute atomic E-state index is 0.287. The highest BCUT2D eigenvalue weighted by atomic mass is 16.5. The molecule has 0 bridgehead atoms. The molecule has 23 heavy (non-hydrogen) atoms. The molecule has 0 spiro atoms. The van der Waals surface area contributed by atoms with Crippen LogP contribution in [0.5, 0.6) is 5.75 Å². The van der Waals surface area contributed by atoms with Gasteiger partial charge in [0.25, 0.3) is 0 Å². The standard InChI is InChI=1S/C18H29N3O2/c1-3-19-18(21-14-16-9-6-12-22-16)20-11-7-13-23-17-10-5-4-8-15(17)2/h4-5,8,10,16H,3,6-7,9,11-14H2,1-2H3,(H2,19,20,21). The van der Waals surface area contributed by atoms with Crippen LogP contribution in [0, 0.1) is 6.92 Å². The quantitative estimate of drug-likeness (QED) is 0.439. The Morgan fingerprint density at radius 3 is 2.96 bits per heavy atom. The molecule has 2 N–H and O–H groups in total. The average molecular weight is 319 g/mol. The predicted molar refractivity (Wildman–Crippen MR) is 94.2 cm³/mol. The van der Waals surface area contributed by atoms with E-state index in [1.807, 2.05) is 18.2 Å². The molecule has 0 amide bonds. The van der Waals surface area contributed by atoms with Crippen LogP contribution in [-0.4, -0.2) is 44.9 Å². The van der Waals surface area contributed by atoms with E-state index in [1.54, 1.807) is 0 Å². The van der Waals surface area contributed by atoms with Crippen LogP contribution in [0.25, 0.3) is 0 Å². The van der Waals surface area contributed by atoms with Gasteiger partial charge in [-0.1, -0.05) is 18.2 Å². The summed E-state index contributed by atoms with van der Waals surface area (Å²) < 4.78 is 11.4. The highest BCUT2D eigenvalue weighted by Crippen LogP contribution is 2.16. The van der Waals surface area contributed by atoms with Crippen molar-refractivity contribution in [1.29, 1.82) is 0 Å². The first-order chi connectivity index (χ1) is 11.3. The number of nitrogens with zero attached hydrogens (tertiary/aromatic N) is 1. The van der Waals surface area contributed by atoms with Gasteiger partial charge >= 0.3 is 0 Å². The van der Waals surface area contributed by atoms with E-state index in [9.17, 15) is 0 Å². The molecular weight excluding hydrogens is 290 g/mol. The lowest BCUT2D eigenvalue weighted by Gasteiger charge is -2.13. The van der Waals surface area contributed by atoms with E-state index in [2.05, 4.69) is 35.5 Å². The molecule has 1 heterocycles. The minimum Gasteiger partial charge on any atom is -0.493 e. The molecule has 0 radical (unpaired) electrons. The number of hydrogen-bond donors (Lipinski definition) is 2. The fourth-order valence-electron chi connectivity index (χ4n) is 2.50. The van der Waals surface area contributed by atoms with Crippen LogP contribution in [0.1, 0.15) is 31.7 Å². The molecule has 128 valence electrons. The van der Waals surface area contributed by atoms with Gasteiger partial charge in [0.15, 0.2) is 5.96 Å². The molecule has 1 saturated heterocycles. The molecule has 1 fully saturated rings. The lowest BCUT2D eigenvalue weighted by atomic mass is 10.2. The summed E-state index contributed by atoms with van der Waals surface area (Å²) in [6, 6.07) is 8.10. The van der Waals surface area contributed by atoms with Gasteiger partial charge in [-0.3, -0.25) is 4.99 Å². The van der Waals surface area contributed by atoms with E-state index in [1.165, 1.54) is 5.56 Å². The van der Waals surface area contributed by atoms with Crippen molar-refractivity contribution in [1.82, 2.24) is 10.6 Å². The Morgan fingerprint density at radius 1 is 1.35 bits per heavy atom. The fourth-order valence-corrected chi connectivity index (χ4v) is 2.50. The van der Waals surface area contributed by atoms with Gasteiger partial charge in [0, 0.05) is 19.7 Å². The largest absolute Gasteiger partial charge is 0.493 e. The van der Waals surface area contributed by atoms with Gasteiger partial charge in [-0.05, 0) is 44.7 Å². The van der Waals surface area contributed by atoms with E-state index in [0.29, 0.717) is 6.61 Å². The molecule has 1 atom stereocenters. The molecule has 1 aromatic rings. The lowest BCUT2D eigenvalue weighted by Crippen LogP contribution is -2.38. The molecule has 1 aliphatic rings. The number of aliphatic imine (C=N–C) groups is 1. The van der Waals surface area contributed by atoms with Crippen LogP contribution >= 0.6 is 0 Å². The van der Waals surface area contributed by atoms with Crippen molar-refractivity contribution in [2.24, 2.45) is 4.99 Å². The Morgan fingerprint density at radius 2 is 2.22 bits per heavy atom. The Kier molecular flexibility index (Phi) is 7.73. The molecule has 1 aliphatic heterocycles. The van der Waals surface area contributed by atoms with Crippen LogP contribution in [0.15, 0.2) is 29.3 Å². The first-order valence-corrected chi connectivity index (χ1v) is 8.62. The summed E-state index contributed by atoms with van der Waals surface area (Å²) in [4.78, 5) is 4.59. The van der Waals surface area contributed by atoms with Gasteiger partial charge in [0.2, 0.25) is 0 Å². The summed E-state index contributed by atoms with van der Waals surface area (Å²) in [6.07, 6.45) is 3.49. The van der Waals surface area contributed by atoms with E-state index < -0.39 is 0 Å². The smallest absolute Gasteiger partial charge is 0.191 e. The third-order valence-electron chi connectivity index (χ3n) is 3.79. The Bertz CT molecular complexity index is 485. The summed E-state index contributed by atoms with van der Waals surface area (Å²) in [5.41, 5.74) is 1.17. The Labute approximate surface area is 139 Å². The van der Waals surface area contributed by atoms with Gasteiger partial charge in [-0.25, -0.2) is 0 Å². The summed E-state index contributed by atoms with van der Waals surface area (Å²) in [7, 11) is 0. The maximum Gasteiger partial charge on any atom is 0.191 e. The number of nitrogens with one attached hydrogen (secondary N) is 2. The number of benzene rings is 1. The SMILES string of the molecule is CCNC(=NCC1CCCO1)NCCCOc1ccccc1C. The number of para-hydroxylation sites is 1. The second kappa shape index (κ2) is 10.1. The lowest BCUT2D eigenvalue weighted by molar-refractivity contribution is 0.117. The second-order valence-electron chi connectivity index (χ2n) is 5.75. The van der Waals surface area contributed by atoms with E-state index in [0.717, 1.165) is 57.2 Å². The summed E-state index contributed by atoms with van der Waals surface area (Å²) in [6.45, 7) is 8.14. The van der Waals surface area contributed by atoms with Gasteiger partial charge in [-0.15, -0.1) is 0 Å². The molecule has 0 saturated carbocycles. The third kappa shape index (κ3) is 6.48. The fraction of sp³-hybridized carbons (Fsp3) is 0.611. The number of rotatable bonds is 8. The average Bonchev–Trinajstić information content (AvgIpc) is 3.07. The molecular formula is C18H29N3O2. The normalized spacial score (nSPS) is 18.0. The number of aryl methyl sites for hydroxylation is 1. The maximum atomic E-state index is 5.80. The summed E-state index contributed by atoms with van der Waals surface area (Å²) >= 11 is 0. The van der Waals surface area contributed by atoms with Crippen LogP contribution in [0.4, 0.5) is 0 Å². The van der Waals surface area contributed by atoms with Gasteiger partial charge in [-0.2, -0.15) is 0 Å². The minimum atomic E-state index is 0.287. The Balaban J connectivity index is 1.65. The van der Waals surface area contributed by atoms with E-state index in [4.69, 9.17) is 9.47 Å². The molecule has 0 aromatic heterocycles.